The van der Waals surface area contributed by atoms with Crippen molar-refractivity contribution < 1.29 is 14.7 Å². The van der Waals surface area contributed by atoms with Crippen LogP contribution in [0.3, 0.4) is 0 Å². The molecule has 1 aromatic rings. The standard InChI is InChI=1S/C14H17NO3S/c16-13(8-7-12-6-3-9-19-12)15(10-14(17)18)11-4-1-2-5-11/h3,6-9,11H,1-2,4-5,10H2,(H,17,18)/b8-7+. The third-order valence-electron chi connectivity index (χ3n) is 3.29. The van der Waals surface area contributed by atoms with Gasteiger partial charge in [-0.05, 0) is 30.4 Å². The molecule has 1 fully saturated rings. The minimum atomic E-state index is -0.954. The molecule has 0 radical (unpaired) electrons. The number of carboxylic acid groups (broad SMARTS) is 1. The van der Waals surface area contributed by atoms with Crippen LogP contribution in [-0.2, 0) is 9.59 Å². The second-order valence-electron chi connectivity index (χ2n) is 4.65. The minimum absolute atomic E-state index is 0.0802. The van der Waals surface area contributed by atoms with Crippen LogP contribution in [0.4, 0.5) is 0 Å². The molecule has 0 unspecified atom stereocenters. The molecular formula is C14H17NO3S. The molecule has 19 heavy (non-hydrogen) atoms. The van der Waals surface area contributed by atoms with E-state index in [0.717, 1.165) is 30.6 Å². The molecule has 0 bridgehead atoms. The van der Waals surface area contributed by atoms with E-state index < -0.39 is 5.97 Å². The Hall–Kier alpha value is -1.62. The number of carboxylic acids is 1. The third kappa shape index (κ3) is 3.92. The van der Waals surface area contributed by atoms with Crippen molar-refractivity contribution in [2.45, 2.75) is 31.7 Å². The van der Waals surface area contributed by atoms with Crippen LogP contribution in [-0.4, -0.2) is 34.5 Å². The molecule has 1 N–H and O–H groups in total. The van der Waals surface area contributed by atoms with Crippen LogP contribution in [0.1, 0.15) is 30.6 Å². The second-order valence-corrected chi connectivity index (χ2v) is 5.63. The molecule has 2 rings (SSSR count). The van der Waals surface area contributed by atoms with Gasteiger partial charge in [0.2, 0.25) is 5.91 Å². The van der Waals surface area contributed by atoms with Crippen LogP contribution in [0.5, 0.6) is 0 Å². The SMILES string of the molecule is O=C(O)CN(C(=O)/C=C/c1cccs1)C1CCCC1. The summed E-state index contributed by atoms with van der Waals surface area (Å²) in [5, 5.41) is 10.9. The number of nitrogens with zero attached hydrogens (tertiary/aromatic N) is 1. The zero-order valence-corrected chi connectivity index (χ0v) is 11.4. The lowest BCUT2D eigenvalue weighted by Gasteiger charge is -2.26. The molecule has 1 amide bonds. The molecule has 0 atom stereocenters. The summed E-state index contributed by atoms with van der Waals surface area (Å²) in [6.45, 7) is -0.210. The summed E-state index contributed by atoms with van der Waals surface area (Å²) in [6, 6.07) is 3.92. The molecule has 1 aliphatic carbocycles. The fourth-order valence-electron chi connectivity index (χ4n) is 2.38. The Morgan fingerprint density at radius 3 is 2.74 bits per heavy atom. The van der Waals surface area contributed by atoms with Crippen molar-refractivity contribution in [2.24, 2.45) is 0 Å². The van der Waals surface area contributed by atoms with Gasteiger partial charge in [0.25, 0.3) is 0 Å². The van der Waals surface area contributed by atoms with Crippen molar-refractivity contribution in [2.75, 3.05) is 6.54 Å². The lowest BCUT2D eigenvalue weighted by atomic mass is 10.2. The lowest BCUT2D eigenvalue weighted by Crippen LogP contribution is -2.41. The highest BCUT2D eigenvalue weighted by molar-refractivity contribution is 7.10. The molecule has 1 saturated carbocycles. The normalized spacial score (nSPS) is 16.0. The Labute approximate surface area is 116 Å². The number of thiophene rings is 1. The molecule has 5 heteroatoms. The van der Waals surface area contributed by atoms with E-state index in [9.17, 15) is 9.59 Å². The zero-order chi connectivity index (χ0) is 13.7. The van der Waals surface area contributed by atoms with Crippen molar-refractivity contribution in [3.8, 4) is 0 Å². The first-order valence-electron chi connectivity index (χ1n) is 6.41. The van der Waals surface area contributed by atoms with Crippen molar-refractivity contribution in [1.29, 1.82) is 0 Å². The van der Waals surface area contributed by atoms with Crippen LogP contribution in [0.2, 0.25) is 0 Å². The molecule has 0 saturated heterocycles. The number of carbonyl (C=O) groups is 2. The topological polar surface area (TPSA) is 57.6 Å². The highest BCUT2D eigenvalue weighted by Gasteiger charge is 2.26. The fourth-order valence-corrected chi connectivity index (χ4v) is 3.00. The molecule has 4 nitrogen and oxygen atoms in total. The van der Waals surface area contributed by atoms with Gasteiger partial charge in [0, 0.05) is 17.0 Å². The van der Waals surface area contributed by atoms with Crippen molar-refractivity contribution in [3.63, 3.8) is 0 Å². The largest absolute Gasteiger partial charge is 0.480 e. The van der Waals surface area contributed by atoms with Gasteiger partial charge in [0.15, 0.2) is 0 Å². The summed E-state index contributed by atoms with van der Waals surface area (Å²) in [5.74, 6) is -1.16. The van der Waals surface area contributed by atoms with Crippen LogP contribution >= 0.6 is 11.3 Å². The van der Waals surface area contributed by atoms with Gasteiger partial charge in [-0.15, -0.1) is 11.3 Å². The number of hydrogen-bond donors (Lipinski definition) is 1. The van der Waals surface area contributed by atoms with E-state index in [1.807, 2.05) is 17.5 Å². The van der Waals surface area contributed by atoms with Gasteiger partial charge in [-0.2, -0.15) is 0 Å². The molecule has 1 aromatic heterocycles. The number of rotatable bonds is 5. The van der Waals surface area contributed by atoms with E-state index in [-0.39, 0.29) is 18.5 Å². The van der Waals surface area contributed by atoms with Crippen LogP contribution in [0, 0.1) is 0 Å². The van der Waals surface area contributed by atoms with Gasteiger partial charge in [-0.1, -0.05) is 18.9 Å². The summed E-state index contributed by atoms with van der Waals surface area (Å²) >= 11 is 1.55. The lowest BCUT2D eigenvalue weighted by molar-refractivity contribution is -0.144. The first-order valence-corrected chi connectivity index (χ1v) is 7.29. The maximum Gasteiger partial charge on any atom is 0.323 e. The summed E-state index contributed by atoms with van der Waals surface area (Å²) < 4.78 is 0. The maximum absolute atomic E-state index is 12.1. The third-order valence-corrected chi connectivity index (χ3v) is 4.13. The Morgan fingerprint density at radius 2 is 2.16 bits per heavy atom. The molecular weight excluding hydrogens is 262 g/mol. The highest BCUT2D eigenvalue weighted by atomic mass is 32.1. The van der Waals surface area contributed by atoms with E-state index >= 15 is 0 Å². The Bertz CT molecular complexity index is 461. The van der Waals surface area contributed by atoms with E-state index in [2.05, 4.69) is 0 Å². The number of aliphatic carboxylic acids is 1. The smallest absolute Gasteiger partial charge is 0.323 e. The Balaban J connectivity index is 2.04. The van der Waals surface area contributed by atoms with Gasteiger partial charge in [0.05, 0.1) is 0 Å². The van der Waals surface area contributed by atoms with E-state index in [1.165, 1.54) is 11.0 Å². The summed E-state index contributed by atoms with van der Waals surface area (Å²) in [5.41, 5.74) is 0. The summed E-state index contributed by atoms with van der Waals surface area (Å²) in [6.07, 6.45) is 7.19. The monoisotopic (exact) mass is 279 g/mol. The maximum atomic E-state index is 12.1. The van der Waals surface area contributed by atoms with Gasteiger partial charge < -0.3 is 10.0 Å². The quantitative estimate of drug-likeness (QED) is 0.843. The molecule has 0 spiro atoms. The first kappa shape index (κ1) is 13.8. The van der Waals surface area contributed by atoms with Gasteiger partial charge >= 0.3 is 5.97 Å². The Kier molecular flexibility index (Phi) is 4.74. The molecule has 1 aliphatic rings. The number of carbonyl (C=O) groups excluding carboxylic acids is 1. The van der Waals surface area contributed by atoms with Gasteiger partial charge in [-0.25, -0.2) is 0 Å². The van der Waals surface area contributed by atoms with Crippen molar-refractivity contribution >= 4 is 29.3 Å². The highest BCUT2D eigenvalue weighted by Crippen LogP contribution is 2.23. The summed E-state index contributed by atoms with van der Waals surface area (Å²) in [4.78, 5) is 25.5. The van der Waals surface area contributed by atoms with E-state index in [0.29, 0.717) is 0 Å². The minimum Gasteiger partial charge on any atom is -0.480 e. The zero-order valence-electron chi connectivity index (χ0n) is 10.6. The van der Waals surface area contributed by atoms with Crippen molar-refractivity contribution in [3.05, 3.63) is 28.5 Å². The van der Waals surface area contributed by atoms with E-state index in [1.54, 1.807) is 17.4 Å². The van der Waals surface area contributed by atoms with Crippen LogP contribution < -0.4 is 0 Å². The number of hydrogen-bond acceptors (Lipinski definition) is 3. The van der Waals surface area contributed by atoms with Crippen LogP contribution in [0.15, 0.2) is 23.6 Å². The predicted octanol–water partition coefficient (Wildman–Crippen LogP) is 2.62. The predicted molar refractivity (Wildman–Crippen MR) is 75.0 cm³/mol. The molecule has 102 valence electrons. The number of amides is 1. The van der Waals surface area contributed by atoms with Crippen molar-refractivity contribution in [1.82, 2.24) is 4.90 Å². The summed E-state index contributed by atoms with van der Waals surface area (Å²) in [7, 11) is 0. The average molecular weight is 279 g/mol. The van der Waals surface area contributed by atoms with Crippen LogP contribution in [0.25, 0.3) is 6.08 Å². The van der Waals surface area contributed by atoms with Gasteiger partial charge in [-0.3, -0.25) is 9.59 Å². The fraction of sp³-hybridized carbons (Fsp3) is 0.429. The second kappa shape index (κ2) is 6.52. The van der Waals surface area contributed by atoms with Gasteiger partial charge in [0.1, 0.15) is 6.54 Å². The molecule has 0 aromatic carbocycles. The molecule has 1 heterocycles. The molecule has 0 aliphatic heterocycles. The van der Waals surface area contributed by atoms with E-state index in [4.69, 9.17) is 5.11 Å². The average Bonchev–Trinajstić information content (AvgIpc) is 3.05. The Morgan fingerprint density at radius 1 is 1.42 bits per heavy atom. The first-order chi connectivity index (χ1) is 9.16.